The van der Waals surface area contributed by atoms with Crippen LogP contribution < -0.4 is 4.90 Å². The molecule has 3 rings (SSSR count). The topological polar surface area (TPSA) is 49.3 Å². The van der Waals surface area contributed by atoms with Crippen molar-refractivity contribution in [2.24, 2.45) is 5.92 Å². The number of carbonyl (C=O) groups is 1. The molecule has 1 saturated heterocycles. The molecule has 0 unspecified atom stereocenters. The van der Waals surface area contributed by atoms with Gasteiger partial charge in [-0.3, -0.25) is 4.79 Å². The molecule has 19 heavy (non-hydrogen) atoms. The summed E-state index contributed by atoms with van der Waals surface area (Å²) in [6.45, 7) is 7.45. The number of rotatable bonds is 2. The van der Waals surface area contributed by atoms with E-state index in [0.717, 1.165) is 56.1 Å². The van der Waals surface area contributed by atoms with Crippen molar-refractivity contribution in [2.75, 3.05) is 31.1 Å². The Kier molecular flexibility index (Phi) is 3.12. The Hall–Kier alpha value is -1.65. The first kappa shape index (κ1) is 12.4. The number of hydrogen-bond donors (Lipinski definition) is 0. The maximum Gasteiger partial charge on any atom is 0.225 e. The fraction of sp³-hybridized carbons (Fsp3) is 0.643. The third kappa shape index (κ3) is 2.41. The number of aryl methyl sites for hydroxylation is 1. The first-order valence-electron chi connectivity index (χ1n) is 6.99. The van der Waals surface area contributed by atoms with Crippen LogP contribution in [0.25, 0.3) is 0 Å². The molecule has 2 heterocycles. The fourth-order valence-corrected chi connectivity index (χ4v) is 2.57. The summed E-state index contributed by atoms with van der Waals surface area (Å²) >= 11 is 0. The fourth-order valence-electron chi connectivity index (χ4n) is 2.57. The Morgan fingerprint density at radius 1 is 1.16 bits per heavy atom. The summed E-state index contributed by atoms with van der Waals surface area (Å²) in [4.78, 5) is 24.9. The van der Waals surface area contributed by atoms with E-state index in [1.165, 1.54) is 0 Å². The minimum atomic E-state index is 0.328. The van der Waals surface area contributed by atoms with E-state index in [9.17, 15) is 4.79 Å². The highest BCUT2D eigenvalue weighted by Gasteiger charge is 2.34. The van der Waals surface area contributed by atoms with Gasteiger partial charge in [0.15, 0.2) is 0 Å². The highest BCUT2D eigenvalue weighted by Crippen LogP contribution is 2.31. The minimum Gasteiger partial charge on any atom is -0.353 e. The third-order valence-corrected chi connectivity index (χ3v) is 4.13. The standard InChI is InChI=1S/C14H20N4O/c1-10-11(2)15-9-16-13(10)17-5-7-18(8-6-17)14(19)12-3-4-12/h9,12H,3-8H2,1-2H3. The van der Waals surface area contributed by atoms with Gasteiger partial charge in [0.25, 0.3) is 0 Å². The van der Waals surface area contributed by atoms with E-state index in [-0.39, 0.29) is 0 Å². The van der Waals surface area contributed by atoms with Gasteiger partial charge in [-0.15, -0.1) is 0 Å². The average Bonchev–Trinajstić information content (AvgIpc) is 3.26. The number of anilines is 1. The van der Waals surface area contributed by atoms with E-state index >= 15 is 0 Å². The van der Waals surface area contributed by atoms with Crippen molar-refractivity contribution in [3.8, 4) is 0 Å². The molecule has 102 valence electrons. The van der Waals surface area contributed by atoms with E-state index in [4.69, 9.17) is 0 Å². The SMILES string of the molecule is Cc1ncnc(N2CCN(C(=O)C3CC3)CC2)c1C. The quantitative estimate of drug-likeness (QED) is 0.800. The van der Waals surface area contributed by atoms with Crippen LogP contribution in [0.15, 0.2) is 6.33 Å². The number of amides is 1. The lowest BCUT2D eigenvalue weighted by molar-refractivity contribution is -0.132. The lowest BCUT2D eigenvalue weighted by Gasteiger charge is -2.36. The molecule has 0 radical (unpaired) electrons. The molecule has 1 aromatic rings. The molecule has 5 nitrogen and oxygen atoms in total. The summed E-state index contributed by atoms with van der Waals surface area (Å²) in [6.07, 6.45) is 3.80. The lowest BCUT2D eigenvalue weighted by atomic mass is 10.2. The van der Waals surface area contributed by atoms with Crippen molar-refractivity contribution in [1.82, 2.24) is 14.9 Å². The van der Waals surface area contributed by atoms with Gasteiger partial charge in [-0.05, 0) is 26.7 Å². The van der Waals surface area contributed by atoms with Crippen LogP contribution >= 0.6 is 0 Å². The highest BCUT2D eigenvalue weighted by atomic mass is 16.2. The monoisotopic (exact) mass is 260 g/mol. The second-order valence-electron chi connectivity index (χ2n) is 5.49. The molecule has 0 bridgehead atoms. The maximum atomic E-state index is 12.0. The van der Waals surface area contributed by atoms with Crippen LogP contribution in [0.3, 0.4) is 0 Å². The predicted molar refractivity (Wildman–Crippen MR) is 73.0 cm³/mol. The molecule has 2 fully saturated rings. The minimum absolute atomic E-state index is 0.328. The van der Waals surface area contributed by atoms with Gasteiger partial charge < -0.3 is 9.80 Å². The van der Waals surface area contributed by atoms with Crippen molar-refractivity contribution < 1.29 is 4.79 Å². The van der Waals surface area contributed by atoms with E-state index in [1.807, 2.05) is 11.8 Å². The van der Waals surface area contributed by atoms with Crippen molar-refractivity contribution in [2.45, 2.75) is 26.7 Å². The van der Waals surface area contributed by atoms with E-state index in [0.29, 0.717) is 11.8 Å². The zero-order chi connectivity index (χ0) is 13.4. The number of piperazine rings is 1. The maximum absolute atomic E-state index is 12.0. The van der Waals surface area contributed by atoms with E-state index in [2.05, 4.69) is 21.8 Å². The van der Waals surface area contributed by atoms with Crippen LogP contribution in [0.1, 0.15) is 24.1 Å². The second-order valence-corrected chi connectivity index (χ2v) is 5.49. The van der Waals surface area contributed by atoms with Crippen LogP contribution in [0.5, 0.6) is 0 Å². The van der Waals surface area contributed by atoms with E-state index in [1.54, 1.807) is 6.33 Å². The lowest BCUT2D eigenvalue weighted by Crippen LogP contribution is -2.49. The van der Waals surface area contributed by atoms with Gasteiger partial charge in [0.05, 0.1) is 0 Å². The summed E-state index contributed by atoms with van der Waals surface area (Å²) < 4.78 is 0. The Balaban J connectivity index is 1.66. The number of nitrogens with zero attached hydrogens (tertiary/aromatic N) is 4. The first-order valence-corrected chi connectivity index (χ1v) is 6.99. The van der Waals surface area contributed by atoms with Gasteiger partial charge in [-0.2, -0.15) is 0 Å². The van der Waals surface area contributed by atoms with Gasteiger partial charge in [-0.25, -0.2) is 9.97 Å². The molecule has 1 saturated carbocycles. The molecule has 0 spiro atoms. The van der Waals surface area contributed by atoms with Crippen LogP contribution in [0, 0.1) is 19.8 Å². The predicted octanol–water partition coefficient (Wildman–Crippen LogP) is 1.15. The molecule has 1 aliphatic carbocycles. The Labute approximate surface area is 113 Å². The van der Waals surface area contributed by atoms with Gasteiger partial charge in [0.1, 0.15) is 12.1 Å². The molecule has 0 atom stereocenters. The molecule has 2 aliphatic rings. The van der Waals surface area contributed by atoms with Gasteiger partial charge in [-0.1, -0.05) is 0 Å². The van der Waals surface area contributed by atoms with Gasteiger partial charge >= 0.3 is 0 Å². The van der Waals surface area contributed by atoms with Crippen molar-refractivity contribution in [3.05, 3.63) is 17.6 Å². The first-order chi connectivity index (χ1) is 9.16. The van der Waals surface area contributed by atoms with Gasteiger partial charge in [0.2, 0.25) is 5.91 Å². The van der Waals surface area contributed by atoms with Crippen molar-refractivity contribution in [1.29, 1.82) is 0 Å². The van der Waals surface area contributed by atoms with Crippen molar-refractivity contribution in [3.63, 3.8) is 0 Å². The van der Waals surface area contributed by atoms with Crippen LogP contribution in [0.4, 0.5) is 5.82 Å². The molecular formula is C14H20N4O. The largest absolute Gasteiger partial charge is 0.353 e. The summed E-state index contributed by atoms with van der Waals surface area (Å²) in [5.74, 6) is 1.70. The average molecular weight is 260 g/mol. The third-order valence-electron chi connectivity index (χ3n) is 4.13. The zero-order valence-corrected chi connectivity index (χ0v) is 11.6. The molecule has 5 heteroatoms. The van der Waals surface area contributed by atoms with Crippen LogP contribution in [0.2, 0.25) is 0 Å². The summed E-state index contributed by atoms with van der Waals surface area (Å²) in [5.41, 5.74) is 2.17. The summed E-state index contributed by atoms with van der Waals surface area (Å²) in [5, 5.41) is 0. The van der Waals surface area contributed by atoms with Crippen LogP contribution in [-0.4, -0.2) is 47.0 Å². The Morgan fingerprint density at radius 2 is 1.84 bits per heavy atom. The molecule has 1 amide bonds. The molecule has 1 aliphatic heterocycles. The molecule has 1 aromatic heterocycles. The second kappa shape index (κ2) is 4.79. The zero-order valence-electron chi connectivity index (χ0n) is 11.6. The Bertz CT molecular complexity index is 490. The summed E-state index contributed by atoms with van der Waals surface area (Å²) in [7, 11) is 0. The normalized spacial score (nSPS) is 19.7. The highest BCUT2D eigenvalue weighted by molar-refractivity contribution is 5.81. The van der Waals surface area contributed by atoms with Crippen molar-refractivity contribution >= 4 is 11.7 Å². The smallest absolute Gasteiger partial charge is 0.225 e. The molecule has 0 aromatic carbocycles. The van der Waals surface area contributed by atoms with E-state index < -0.39 is 0 Å². The summed E-state index contributed by atoms with van der Waals surface area (Å²) in [6, 6.07) is 0. The number of hydrogen-bond acceptors (Lipinski definition) is 4. The van der Waals surface area contributed by atoms with Gasteiger partial charge in [0, 0.05) is 43.4 Å². The molecule has 0 N–H and O–H groups in total. The van der Waals surface area contributed by atoms with Crippen LogP contribution in [-0.2, 0) is 4.79 Å². The molecular weight excluding hydrogens is 240 g/mol. The number of carbonyl (C=O) groups excluding carboxylic acids is 1. The Morgan fingerprint density at radius 3 is 2.47 bits per heavy atom. The number of aromatic nitrogens is 2.